The molecule has 1 rings (SSSR count). The molecule has 0 bridgehead atoms. The fourth-order valence-electron chi connectivity index (χ4n) is 1.65. The van der Waals surface area contributed by atoms with Gasteiger partial charge in [-0.25, -0.2) is 0 Å². The molecule has 1 aromatic rings. The molecular formula is C14H23ClF3NOS. The molecule has 0 aliphatic carbocycles. The second-order valence-electron chi connectivity index (χ2n) is 4.60. The van der Waals surface area contributed by atoms with Gasteiger partial charge in [-0.05, 0) is 31.5 Å². The number of hydrogen-bond acceptors (Lipinski definition) is 2. The summed E-state index contributed by atoms with van der Waals surface area (Å²) in [5.41, 5.74) is 0.136. The predicted octanol–water partition coefficient (Wildman–Crippen LogP) is 3.66. The van der Waals surface area contributed by atoms with E-state index in [-0.39, 0.29) is 18.4 Å². The highest BCUT2D eigenvalue weighted by molar-refractivity contribution is 7.83. The molecule has 0 saturated heterocycles. The molecule has 0 heterocycles. The average Bonchev–Trinajstić information content (AvgIpc) is 2.27. The fourth-order valence-corrected chi connectivity index (χ4v) is 1.65. The van der Waals surface area contributed by atoms with Crippen molar-refractivity contribution < 1.29 is 17.4 Å². The molecule has 0 fully saturated rings. The van der Waals surface area contributed by atoms with Gasteiger partial charge in [-0.15, -0.1) is 12.4 Å². The molecular weight excluding hydrogens is 323 g/mol. The number of hydrogen-bond donors (Lipinski definition) is 1. The van der Waals surface area contributed by atoms with E-state index in [4.69, 9.17) is 0 Å². The van der Waals surface area contributed by atoms with Crippen LogP contribution in [0, 0.1) is 0 Å². The monoisotopic (exact) mass is 345 g/mol. The topological polar surface area (TPSA) is 29.1 Å². The Morgan fingerprint density at radius 2 is 1.81 bits per heavy atom. The first-order chi connectivity index (χ1) is 9.16. The summed E-state index contributed by atoms with van der Waals surface area (Å²) in [5.74, 6) is 0. The number of likely N-dealkylation sites (N-methyl/N-ethyl adjacent to an activating group) is 1. The van der Waals surface area contributed by atoms with Crippen molar-refractivity contribution in [3.63, 3.8) is 0 Å². The van der Waals surface area contributed by atoms with E-state index >= 15 is 0 Å². The maximum Gasteiger partial charge on any atom is 0.416 e. The highest BCUT2D eigenvalue weighted by Crippen LogP contribution is 2.29. The maximum atomic E-state index is 12.4. The molecule has 0 aliphatic heterocycles. The summed E-state index contributed by atoms with van der Waals surface area (Å²) in [6, 6.07) is 5.68. The number of halogens is 4. The van der Waals surface area contributed by atoms with Crippen LogP contribution in [0.15, 0.2) is 24.3 Å². The Hall–Kier alpha value is -0.590. The van der Waals surface area contributed by atoms with Crippen molar-refractivity contribution in [2.24, 2.45) is 0 Å². The van der Waals surface area contributed by atoms with Gasteiger partial charge >= 0.3 is 6.18 Å². The lowest BCUT2D eigenvalue weighted by Crippen LogP contribution is -2.27. The van der Waals surface area contributed by atoms with Gasteiger partial charge in [0, 0.05) is 29.4 Å². The van der Waals surface area contributed by atoms with Crippen LogP contribution in [0.4, 0.5) is 13.2 Å². The Morgan fingerprint density at radius 3 is 2.24 bits per heavy atom. The molecule has 2 nitrogen and oxygen atoms in total. The van der Waals surface area contributed by atoms with Crippen LogP contribution in [0.25, 0.3) is 0 Å². The number of rotatable bonds is 4. The van der Waals surface area contributed by atoms with Gasteiger partial charge in [-0.3, -0.25) is 4.21 Å². The van der Waals surface area contributed by atoms with Gasteiger partial charge < -0.3 is 5.32 Å². The molecule has 124 valence electrons. The zero-order valence-corrected chi connectivity index (χ0v) is 14.3. The van der Waals surface area contributed by atoms with E-state index in [1.54, 1.807) is 18.6 Å². The number of benzene rings is 1. The normalized spacial score (nSPS) is 12.2. The third-order valence-electron chi connectivity index (χ3n) is 2.35. The quantitative estimate of drug-likeness (QED) is 0.902. The van der Waals surface area contributed by atoms with Crippen molar-refractivity contribution in [2.75, 3.05) is 19.1 Å². The molecule has 0 spiro atoms. The summed E-state index contributed by atoms with van der Waals surface area (Å²) in [7, 11) is -0.611. The van der Waals surface area contributed by atoms with Crippen molar-refractivity contribution in [3.8, 4) is 0 Å². The summed E-state index contributed by atoms with van der Waals surface area (Å²) in [6.45, 7) is 4.76. The molecule has 1 unspecified atom stereocenters. The average molecular weight is 346 g/mol. The lowest BCUT2D eigenvalue weighted by molar-refractivity contribution is -0.137. The highest BCUT2D eigenvalue weighted by Gasteiger charge is 2.30. The molecule has 0 saturated carbocycles. The molecule has 1 N–H and O–H groups in total. The van der Waals surface area contributed by atoms with Crippen LogP contribution in [0.5, 0.6) is 0 Å². The first-order valence-corrected chi connectivity index (χ1v) is 8.28. The molecule has 0 aliphatic rings. The molecule has 0 aromatic heterocycles. The van der Waals surface area contributed by atoms with Gasteiger partial charge in [0.05, 0.1) is 5.56 Å². The Bertz CT molecular complexity index is 423. The molecule has 0 radical (unpaired) electrons. The van der Waals surface area contributed by atoms with E-state index < -0.39 is 22.5 Å². The van der Waals surface area contributed by atoms with Crippen molar-refractivity contribution >= 4 is 23.2 Å². The van der Waals surface area contributed by atoms with Crippen LogP contribution in [0.3, 0.4) is 0 Å². The third-order valence-corrected chi connectivity index (χ3v) is 2.35. The zero-order chi connectivity index (χ0) is 15.8. The second kappa shape index (κ2) is 11.0. The van der Waals surface area contributed by atoms with E-state index in [0.717, 1.165) is 12.6 Å². The van der Waals surface area contributed by atoms with Gasteiger partial charge in [0.1, 0.15) is 0 Å². The predicted molar refractivity (Wildman–Crippen MR) is 85.5 cm³/mol. The van der Waals surface area contributed by atoms with Crippen LogP contribution in [0.2, 0.25) is 0 Å². The second-order valence-corrected chi connectivity index (χ2v) is 6.09. The molecule has 7 heteroatoms. The van der Waals surface area contributed by atoms with Gasteiger partial charge in [0.25, 0.3) is 0 Å². The number of nitrogens with one attached hydrogen (secondary N) is 1. The van der Waals surface area contributed by atoms with E-state index in [9.17, 15) is 17.4 Å². The van der Waals surface area contributed by atoms with Gasteiger partial charge in [-0.2, -0.15) is 13.2 Å². The van der Waals surface area contributed by atoms with Gasteiger partial charge in [-0.1, -0.05) is 25.1 Å². The van der Waals surface area contributed by atoms with Crippen molar-refractivity contribution in [1.29, 1.82) is 0 Å². The molecule has 1 aromatic carbocycles. The lowest BCUT2D eigenvalue weighted by atomic mass is 10.0. The maximum absolute atomic E-state index is 12.4. The summed E-state index contributed by atoms with van der Waals surface area (Å²) in [6.07, 6.45) is -0.366. The minimum atomic E-state index is -4.25. The molecule has 0 amide bonds. The van der Waals surface area contributed by atoms with Crippen molar-refractivity contribution in [2.45, 2.75) is 32.5 Å². The van der Waals surface area contributed by atoms with Crippen LogP contribution in [0.1, 0.15) is 25.0 Å². The van der Waals surface area contributed by atoms with Crippen LogP contribution in [-0.4, -0.2) is 29.3 Å². The Balaban J connectivity index is 0. The standard InChI is InChI=1S/C12H16F3N.C2H6OS.ClH/c1-3-16-9(2)7-10-5-4-6-11(8-10)12(13,14)15;1-4(2)3;/h4-6,8-9,16H,3,7H2,1-2H3;1-2H3;1H. The van der Waals surface area contributed by atoms with Crippen molar-refractivity contribution in [3.05, 3.63) is 35.4 Å². The smallest absolute Gasteiger partial charge is 0.314 e. The SMILES string of the molecule is CCNC(C)Cc1cccc(C(F)(F)F)c1.CS(C)=O.Cl. The largest absolute Gasteiger partial charge is 0.416 e. The minimum Gasteiger partial charge on any atom is -0.314 e. The van der Waals surface area contributed by atoms with E-state index in [1.807, 2.05) is 13.8 Å². The summed E-state index contributed by atoms with van der Waals surface area (Å²) >= 11 is 0. The van der Waals surface area contributed by atoms with E-state index in [0.29, 0.717) is 12.0 Å². The van der Waals surface area contributed by atoms with E-state index in [2.05, 4.69) is 5.32 Å². The zero-order valence-electron chi connectivity index (χ0n) is 12.7. The summed E-state index contributed by atoms with van der Waals surface area (Å²) < 4.78 is 46.9. The van der Waals surface area contributed by atoms with Crippen LogP contribution in [-0.2, 0) is 23.4 Å². The Morgan fingerprint density at radius 1 is 1.29 bits per heavy atom. The summed E-state index contributed by atoms with van der Waals surface area (Å²) in [4.78, 5) is 0. The Labute approximate surface area is 133 Å². The van der Waals surface area contributed by atoms with Gasteiger partial charge in [0.2, 0.25) is 0 Å². The van der Waals surface area contributed by atoms with Crippen LogP contribution < -0.4 is 5.32 Å². The summed E-state index contributed by atoms with van der Waals surface area (Å²) in [5, 5.41) is 3.17. The Kier molecular flexibility index (Phi) is 11.9. The lowest BCUT2D eigenvalue weighted by Gasteiger charge is -2.13. The first kappa shape index (κ1) is 22.7. The van der Waals surface area contributed by atoms with Crippen LogP contribution >= 0.6 is 12.4 Å². The van der Waals surface area contributed by atoms with Gasteiger partial charge in [0.15, 0.2) is 0 Å². The first-order valence-electron chi connectivity index (χ1n) is 6.31. The molecule has 1 atom stereocenters. The highest BCUT2D eigenvalue weighted by atomic mass is 35.5. The molecule has 21 heavy (non-hydrogen) atoms. The number of alkyl halides is 3. The van der Waals surface area contributed by atoms with Crippen molar-refractivity contribution in [1.82, 2.24) is 5.32 Å². The fraction of sp³-hybridized carbons (Fsp3) is 0.571. The third kappa shape index (κ3) is 11.7. The van der Waals surface area contributed by atoms with E-state index in [1.165, 1.54) is 12.1 Å². The minimum absolute atomic E-state index is 0.